The van der Waals surface area contributed by atoms with Gasteiger partial charge in [0, 0.05) is 32.6 Å². The van der Waals surface area contributed by atoms with Gasteiger partial charge in [-0.2, -0.15) is 0 Å². The van der Waals surface area contributed by atoms with Crippen LogP contribution in [0.15, 0.2) is 17.7 Å². The molecule has 0 radical (unpaired) electrons. The number of esters is 1. The van der Waals surface area contributed by atoms with E-state index < -0.39 is 0 Å². The van der Waals surface area contributed by atoms with Gasteiger partial charge in [-0.15, -0.1) is 12.4 Å². The SMILES string of the molecule is CCCCCC(C)C(C)c1cc(OC(=O)CCCN2CCOCC2)c2c(c1)OC(C)(C)C1=C2CN(C)CC1.Cl. The minimum absolute atomic E-state index is 0. The first-order valence-corrected chi connectivity index (χ1v) is 15.0. The molecule has 220 valence electrons. The predicted molar refractivity (Wildman–Crippen MR) is 161 cm³/mol. The van der Waals surface area contributed by atoms with Crippen molar-refractivity contribution in [2.45, 2.75) is 91.1 Å². The van der Waals surface area contributed by atoms with Gasteiger partial charge in [-0.3, -0.25) is 9.69 Å². The second kappa shape index (κ2) is 14.3. The summed E-state index contributed by atoms with van der Waals surface area (Å²) in [6.45, 7) is 17.5. The van der Waals surface area contributed by atoms with Crippen molar-refractivity contribution in [3.05, 3.63) is 28.8 Å². The molecule has 7 heteroatoms. The smallest absolute Gasteiger partial charge is 0.311 e. The highest BCUT2D eigenvalue weighted by atomic mass is 35.5. The van der Waals surface area contributed by atoms with Gasteiger partial charge < -0.3 is 19.1 Å². The third-order valence-corrected chi connectivity index (χ3v) is 8.84. The van der Waals surface area contributed by atoms with Crippen LogP contribution in [0.2, 0.25) is 0 Å². The number of hydrogen-bond acceptors (Lipinski definition) is 6. The number of unbranched alkanes of at least 4 members (excludes halogenated alkanes) is 2. The van der Waals surface area contributed by atoms with E-state index in [1.807, 2.05) is 0 Å². The molecule has 0 N–H and O–H groups in total. The third-order valence-electron chi connectivity index (χ3n) is 8.84. The number of benzene rings is 1. The number of nitrogens with zero attached hydrogens (tertiary/aromatic N) is 2. The maximum absolute atomic E-state index is 13.1. The summed E-state index contributed by atoms with van der Waals surface area (Å²) in [6, 6.07) is 4.37. The highest BCUT2D eigenvalue weighted by Gasteiger charge is 2.39. The lowest BCUT2D eigenvalue weighted by Gasteiger charge is -2.42. The minimum atomic E-state index is -0.363. The van der Waals surface area contributed by atoms with Crippen LogP contribution in [-0.2, 0) is 9.53 Å². The number of hydrogen-bond donors (Lipinski definition) is 0. The Morgan fingerprint density at radius 1 is 1.10 bits per heavy atom. The summed E-state index contributed by atoms with van der Waals surface area (Å²) >= 11 is 0. The standard InChI is InChI=1S/C32H50N2O4.ClH/c1-7-8-9-11-23(2)24(3)25-20-28(37-30(35)12-10-14-34-16-18-36-19-17-34)31-26-22-33(6)15-13-27(26)32(4,5)38-29(31)21-25;/h20-21,23-24H,7-19,22H2,1-6H3;1H. The summed E-state index contributed by atoms with van der Waals surface area (Å²) in [5, 5.41) is 0. The average Bonchev–Trinajstić information content (AvgIpc) is 2.88. The van der Waals surface area contributed by atoms with E-state index in [4.69, 9.17) is 14.2 Å². The van der Waals surface area contributed by atoms with E-state index in [0.717, 1.165) is 70.1 Å². The quantitative estimate of drug-likeness (QED) is 0.170. The number of halogens is 1. The van der Waals surface area contributed by atoms with Crippen molar-refractivity contribution < 1.29 is 19.0 Å². The summed E-state index contributed by atoms with van der Waals surface area (Å²) in [5.74, 6) is 2.29. The van der Waals surface area contributed by atoms with Crippen LogP contribution < -0.4 is 9.47 Å². The van der Waals surface area contributed by atoms with Crippen LogP contribution in [0.1, 0.15) is 96.6 Å². The number of ether oxygens (including phenoxy) is 3. The van der Waals surface area contributed by atoms with Crippen LogP contribution in [0.4, 0.5) is 0 Å². The van der Waals surface area contributed by atoms with Gasteiger partial charge in [0.05, 0.1) is 18.8 Å². The van der Waals surface area contributed by atoms with E-state index in [1.54, 1.807) is 0 Å². The highest BCUT2D eigenvalue weighted by Crippen LogP contribution is 2.49. The monoisotopic (exact) mass is 562 g/mol. The Balaban J connectivity index is 0.00000420. The van der Waals surface area contributed by atoms with Crippen molar-refractivity contribution in [3.63, 3.8) is 0 Å². The van der Waals surface area contributed by atoms with E-state index in [1.165, 1.54) is 42.4 Å². The van der Waals surface area contributed by atoms with Crippen molar-refractivity contribution in [3.8, 4) is 11.5 Å². The van der Waals surface area contributed by atoms with E-state index >= 15 is 0 Å². The zero-order valence-electron chi connectivity index (χ0n) is 25.1. The molecule has 0 aliphatic carbocycles. The Bertz CT molecular complexity index is 1000. The summed E-state index contributed by atoms with van der Waals surface area (Å²) in [5.41, 5.74) is 4.44. The van der Waals surface area contributed by atoms with Crippen LogP contribution >= 0.6 is 12.4 Å². The number of carbonyl (C=O) groups is 1. The normalized spacial score (nSPS) is 20.8. The maximum atomic E-state index is 13.1. The summed E-state index contributed by atoms with van der Waals surface area (Å²) in [4.78, 5) is 17.9. The van der Waals surface area contributed by atoms with Crippen molar-refractivity contribution in [1.82, 2.24) is 9.80 Å². The molecule has 1 aromatic carbocycles. The van der Waals surface area contributed by atoms with E-state index in [9.17, 15) is 4.79 Å². The number of fused-ring (bicyclic) bond motifs is 2. The van der Waals surface area contributed by atoms with Gasteiger partial charge in [0.25, 0.3) is 0 Å². The predicted octanol–water partition coefficient (Wildman–Crippen LogP) is 6.71. The number of rotatable bonds is 11. The van der Waals surface area contributed by atoms with Gasteiger partial charge in [-0.1, -0.05) is 46.5 Å². The second-order valence-electron chi connectivity index (χ2n) is 12.2. The Labute approximate surface area is 242 Å². The molecule has 4 rings (SSSR count). The minimum Gasteiger partial charge on any atom is -0.483 e. The van der Waals surface area contributed by atoms with Crippen LogP contribution in [0, 0.1) is 5.92 Å². The molecule has 2 atom stereocenters. The fourth-order valence-electron chi connectivity index (χ4n) is 6.20. The van der Waals surface area contributed by atoms with Gasteiger partial charge in [0.15, 0.2) is 0 Å². The van der Waals surface area contributed by atoms with Crippen LogP contribution in [0.3, 0.4) is 0 Å². The lowest BCUT2D eigenvalue weighted by atomic mass is 9.79. The molecule has 3 aliphatic rings. The lowest BCUT2D eigenvalue weighted by molar-refractivity contribution is -0.134. The fraction of sp³-hybridized carbons (Fsp3) is 0.719. The summed E-state index contributed by atoms with van der Waals surface area (Å²) < 4.78 is 18.3. The van der Waals surface area contributed by atoms with Crippen molar-refractivity contribution in [1.29, 1.82) is 0 Å². The van der Waals surface area contributed by atoms with Crippen molar-refractivity contribution in [2.75, 3.05) is 53.0 Å². The molecule has 3 aliphatic heterocycles. The second-order valence-corrected chi connectivity index (χ2v) is 12.2. The van der Waals surface area contributed by atoms with Gasteiger partial charge in [-0.25, -0.2) is 0 Å². The topological polar surface area (TPSA) is 51.2 Å². The highest BCUT2D eigenvalue weighted by molar-refractivity contribution is 5.85. The van der Waals surface area contributed by atoms with E-state index in [2.05, 4.69) is 63.6 Å². The van der Waals surface area contributed by atoms with Gasteiger partial charge in [-0.05, 0) is 81.0 Å². The van der Waals surface area contributed by atoms with Crippen LogP contribution in [0.5, 0.6) is 11.5 Å². The number of carbonyl (C=O) groups excluding carboxylic acids is 1. The van der Waals surface area contributed by atoms with Gasteiger partial charge >= 0.3 is 5.97 Å². The average molecular weight is 563 g/mol. The molecular weight excluding hydrogens is 512 g/mol. The molecule has 0 aromatic heterocycles. The Morgan fingerprint density at radius 2 is 1.85 bits per heavy atom. The molecule has 2 unspecified atom stereocenters. The molecule has 6 nitrogen and oxygen atoms in total. The summed E-state index contributed by atoms with van der Waals surface area (Å²) in [7, 11) is 2.16. The maximum Gasteiger partial charge on any atom is 0.311 e. The first kappa shape index (κ1) is 31.9. The summed E-state index contributed by atoms with van der Waals surface area (Å²) in [6.07, 6.45) is 7.15. The Kier molecular flexibility index (Phi) is 11.7. The molecule has 0 spiro atoms. The molecule has 0 bridgehead atoms. The zero-order chi connectivity index (χ0) is 27.3. The van der Waals surface area contributed by atoms with Gasteiger partial charge in [0.2, 0.25) is 0 Å². The molecule has 1 saturated heterocycles. The van der Waals surface area contributed by atoms with E-state index in [0.29, 0.717) is 24.0 Å². The molecule has 0 amide bonds. The molecule has 39 heavy (non-hydrogen) atoms. The molecular formula is C32H51ClN2O4. The van der Waals surface area contributed by atoms with E-state index in [-0.39, 0.29) is 24.0 Å². The zero-order valence-corrected chi connectivity index (χ0v) is 26.0. The molecule has 1 fully saturated rings. The Hall–Kier alpha value is -1.60. The third kappa shape index (κ3) is 8.00. The lowest BCUT2D eigenvalue weighted by Crippen LogP contribution is -2.41. The largest absolute Gasteiger partial charge is 0.483 e. The first-order chi connectivity index (χ1) is 18.2. The molecule has 3 heterocycles. The van der Waals surface area contributed by atoms with Crippen molar-refractivity contribution >= 4 is 23.9 Å². The Morgan fingerprint density at radius 3 is 2.56 bits per heavy atom. The molecule has 0 saturated carbocycles. The van der Waals surface area contributed by atoms with Crippen molar-refractivity contribution in [2.24, 2.45) is 5.92 Å². The number of likely N-dealkylation sites (N-methyl/N-ethyl adjacent to an activating group) is 1. The number of morpholine rings is 1. The van der Waals surface area contributed by atoms with Gasteiger partial charge in [0.1, 0.15) is 17.1 Å². The van der Waals surface area contributed by atoms with Crippen LogP contribution in [-0.4, -0.2) is 74.4 Å². The fourth-order valence-corrected chi connectivity index (χ4v) is 6.20. The first-order valence-electron chi connectivity index (χ1n) is 15.0. The van der Waals surface area contributed by atoms with Crippen LogP contribution in [0.25, 0.3) is 5.57 Å². The molecule has 1 aromatic rings.